The highest BCUT2D eigenvalue weighted by atomic mass is 79.9. The third-order valence-corrected chi connectivity index (χ3v) is 2.57. The molecule has 0 heterocycles. The quantitative estimate of drug-likeness (QED) is 0.930. The van der Waals surface area contributed by atoms with E-state index in [0.717, 1.165) is 4.47 Å². The highest BCUT2D eigenvalue weighted by Gasteiger charge is 2.44. The maximum Gasteiger partial charge on any atom is 0.402 e. The van der Waals surface area contributed by atoms with Crippen LogP contribution in [0.2, 0.25) is 0 Å². The molecule has 0 aliphatic carbocycles. The highest BCUT2D eigenvalue weighted by molar-refractivity contribution is 9.10. The molecule has 1 unspecified atom stereocenters. The lowest BCUT2D eigenvalue weighted by atomic mass is 9.99. The summed E-state index contributed by atoms with van der Waals surface area (Å²) in [5.74, 6) is -4.20. The van der Waals surface area contributed by atoms with E-state index in [1.807, 2.05) is 0 Å². The van der Waals surface area contributed by atoms with Crippen LogP contribution in [0.25, 0.3) is 0 Å². The van der Waals surface area contributed by atoms with Gasteiger partial charge in [0.2, 0.25) is 0 Å². The van der Waals surface area contributed by atoms with Gasteiger partial charge in [-0.05, 0) is 24.1 Å². The first-order valence-corrected chi connectivity index (χ1v) is 5.14. The summed E-state index contributed by atoms with van der Waals surface area (Å²) in [7, 11) is 0. The Balaban J connectivity index is 2.84. The largest absolute Gasteiger partial charge is 0.481 e. The van der Waals surface area contributed by atoms with Crippen LogP contribution in [0.1, 0.15) is 5.56 Å². The van der Waals surface area contributed by atoms with E-state index in [4.69, 9.17) is 5.11 Å². The molecule has 6 heteroatoms. The normalized spacial score (nSPS) is 13.5. The molecule has 0 saturated heterocycles. The SMILES string of the molecule is O=C(O)C(Cc1ccc(Br)cc1)C(F)(F)F. The molecule has 0 aliphatic rings. The zero-order chi connectivity index (χ0) is 12.3. The van der Waals surface area contributed by atoms with Gasteiger partial charge in [0, 0.05) is 4.47 Å². The van der Waals surface area contributed by atoms with Crippen LogP contribution >= 0.6 is 15.9 Å². The molecule has 2 nitrogen and oxygen atoms in total. The number of carbonyl (C=O) groups is 1. The van der Waals surface area contributed by atoms with Crippen LogP contribution in [0.4, 0.5) is 13.2 Å². The molecule has 1 aromatic rings. The fraction of sp³-hybridized carbons (Fsp3) is 0.300. The van der Waals surface area contributed by atoms with E-state index in [9.17, 15) is 18.0 Å². The van der Waals surface area contributed by atoms with Gasteiger partial charge in [0.15, 0.2) is 5.92 Å². The number of benzene rings is 1. The molecule has 0 spiro atoms. The van der Waals surface area contributed by atoms with Crippen LogP contribution in [0, 0.1) is 5.92 Å². The third-order valence-electron chi connectivity index (χ3n) is 2.05. The number of rotatable bonds is 3. The molecule has 1 N–H and O–H groups in total. The number of hydrogen-bond acceptors (Lipinski definition) is 1. The van der Waals surface area contributed by atoms with Gasteiger partial charge in [-0.2, -0.15) is 13.2 Å². The Hall–Kier alpha value is -1.04. The number of carboxylic acid groups (broad SMARTS) is 1. The third kappa shape index (κ3) is 3.52. The van der Waals surface area contributed by atoms with Crippen LogP contribution in [-0.4, -0.2) is 17.3 Å². The first kappa shape index (κ1) is 13.0. The topological polar surface area (TPSA) is 37.3 Å². The minimum atomic E-state index is -4.72. The first-order valence-electron chi connectivity index (χ1n) is 4.34. The second-order valence-electron chi connectivity index (χ2n) is 3.26. The summed E-state index contributed by atoms with van der Waals surface area (Å²) in [4.78, 5) is 10.5. The maximum absolute atomic E-state index is 12.3. The van der Waals surface area contributed by atoms with E-state index in [1.165, 1.54) is 12.1 Å². The summed E-state index contributed by atoms with van der Waals surface area (Å²) < 4.78 is 37.8. The molecular weight excluding hydrogens is 289 g/mol. The Bertz CT molecular complexity index is 373. The van der Waals surface area contributed by atoms with Crippen molar-refractivity contribution in [2.24, 2.45) is 5.92 Å². The molecule has 1 aromatic carbocycles. The monoisotopic (exact) mass is 296 g/mol. The van der Waals surface area contributed by atoms with E-state index in [2.05, 4.69) is 15.9 Å². The van der Waals surface area contributed by atoms with Crippen molar-refractivity contribution in [1.29, 1.82) is 0 Å². The first-order chi connectivity index (χ1) is 7.30. The molecule has 0 aromatic heterocycles. The number of halogens is 4. The van der Waals surface area contributed by atoms with E-state index in [0.29, 0.717) is 5.56 Å². The van der Waals surface area contributed by atoms with Gasteiger partial charge in [-0.25, -0.2) is 0 Å². The van der Waals surface area contributed by atoms with Gasteiger partial charge < -0.3 is 5.11 Å². The summed E-state index contributed by atoms with van der Waals surface area (Å²) in [6.45, 7) is 0. The average Bonchev–Trinajstić information content (AvgIpc) is 2.14. The van der Waals surface area contributed by atoms with E-state index < -0.39 is 24.5 Å². The highest BCUT2D eigenvalue weighted by Crippen LogP contribution is 2.29. The van der Waals surface area contributed by atoms with E-state index in [-0.39, 0.29) is 0 Å². The van der Waals surface area contributed by atoms with Crippen LogP contribution in [0.15, 0.2) is 28.7 Å². The molecule has 0 saturated carbocycles. The molecule has 88 valence electrons. The fourth-order valence-electron chi connectivity index (χ4n) is 1.20. The average molecular weight is 297 g/mol. The van der Waals surface area contributed by atoms with Crippen LogP contribution in [-0.2, 0) is 11.2 Å². The van der Waals surface area contributed by atoms with Crippen molar-refractivity contribution in [2.45, 2.75) is 12.6 Å². The van der Waals surface area contributed by atoms with Gasteiger partial charge in [-0.15, -0.1) is 0 Å². The molecule has 16 heavy (non-hydrogen) atoms. The van der Waals surface area contributed by atoms with Crippen molar-refractivity contribution in [3.8, 4) is 0 Å². The molecule has 1 rings (SSSR count). The Morgan fingerprint density at radius 2 is 1.81 bits per heavy atom. The predicted molar refractivity (Wildman–Crippen MR) is 55.0 cm³/mol. The van der Waals surface area contributed by atoms with Gasteiger partial charge in [0.05, 0.1) is 0 Å². The van der Waals surface area contributed by atoms with Crippen molar-refractivity contribution >= 4 is 21.9 Å². The Kier molecular flexibility index (Phi) is 3.96. The Morgan fingerprint density at radius 1 is 1.31 bits per heavy atom. The van der Waals surface area contributed by atoms with Gasteiger partial charge in [0.25, 0.3) is 0 Å². The second-order valence-corrected chi connectivity index (χ2v) is 4.18. The summed E-state index contributed by atoms with van der Waals surface area (Å²) >= 11 is 3.14. The molecule has 0 radical (unpaired) electrons. The number of alkyl halides is 3. The van der Waals surface area contributed by atoms with E-state index >= 15 is 0 Å². The molecule has 0 amide bonds. The standard InChI is InChI=1S/C10H8BrF3O2/c11-7-3-1-6(2-4-7)5-8(9(15)16)10(12,13)14/h1-4,8H,5H2,(H,15,16). The lowest BCUT2D eigenvalue weighted by molar-refractivity contribution is -0.193. The Labute approximate surface area is 98.2 Å². The fourth-order valence-corrected chi connectivity index (χ4v) is 1.46. The van der Waals surface area contributed by atoms with Crippen molar-refractivity contribution < 1.29 is 23.1 Å². The minimum Gasteiger partial charge on any atom is -0.481 e. The Morgan fingerprint density at radius 3 is 2.19 bits per heavy atom. The zero-order valence-corrected chi connectivity index (χ0v) is 9.55. The van der Waals surface area contributed by atoms with E-state index in [1.54, 1.807) is 12.1 Å². The molecular formula is C10H8BrF3O2. The van der Waals surface area contributed by atoms with Gasteiger partial charge >= 0.3 is 12.1 Å². The minimum absolute atomic E-state index is 0.341. The number of aliphatic carboxylic acids is 1. The van der Waals surface area contributed by atoms with Crippen molar-refractivity contribution in [3.63, 3.8) is 0 Å². The lowest BCUT2D eigenvalue weighted by Crippen LogP contribution is -2.32. The molecule has 1 atom stereocenters. The summed E-state index contributed by atoms with van der Waals surface area (Å²) in [6, 6.07) is 6.08. The summed E-state index contributed by atoms with van der Waals surface area (Å²) in [5, 5.41) is 8.50. The summed E-state index contributed by atoms with van der Waals surface area (Å²) in [6.07, 6.45) is -5.27. The van der Waals surface area contributed by atoms with Crippen LogP contribution in [0.5, 0.6) is 0 Å². The second kappa shape index (κ2) is 4.86. The van der Waals surface area contributed by atoms with Crippen LogP contribution < -0.4 is 0 Å². The van der Waals surface area contributed by atoms with Crippen molar-refractivity contribution in [3.05, 3.63) is 34.3 Å². The van der Waals surface area contributed by atoms with Crippen molar-refractivity contribution in [2.75, 3.05) is 0 Å². The molecule has 0 fully saturated rings. The predicted octanol–water partition coefficient (Wildman–Crippen LogP) is 3.25. The number of hydrogen-bond donors (Lipinski definition) is 1. The smallest absolute Gasteiger partial charge is 0.402 e. The van der Waals surface area contributed by atoms with Gasteiger partial charge in [-0.3, -0.25) is 4.79 Å². The van der Waals surface area contributed by atoms with Crippen LogP contribution in [0.3, 0.4) is 0 Å². The van der Waals surface area contributed by atoms with Crippen molar-refractivity contribution in [1.82, 2.24) is 0 Å². The molecule has 0 bridgehead atoms. The maximum atomic E-state index is 12.3. The van der Waals surface area contributed by atoms with Gasteiger partial charge in [-0.1, -0.05) is 28.1 Å². The van der Waals surface area contributed by atoms with Gasteiger partial charge in [0.1, 0.15) is 0 Å². The zero-order valence-electron chi connectivity index (χ0n) is 7.96. The molecule has 0 aliphatic heterocycles. The number of carboxylic acids is 1. The lowest BCUT2D eigenvalue weighted by Gasteiger charge is -2.15. The summed E-state index contributed by atoms with van der Waals surface area (Å²) in [5.41, 5.74) is 0.341.